The molecule has 4 heteroatoms. The molecule has 216 valence electrons. The van der Waals surface area contributed by atoms with Gasteiger partial charge in [0.25, 0.3) is 0 Å². The molecule has 0 aliphatic carbocycles. The van der Waals surface area contributed by atoms with Crippen LogP contribution in [0.5, 0.6) is 0 Å². The number of para-hydroxylation sites is 3. The zero-order chi connectivity index (χ0) is 30.2. The molecular formula is C42H26N2O2. The summed E-state index contributed by atoms with van der Waals surface area (Å²) in [5, 5.41) is 10.2. The molecule has 3 heterocycles. The number of fused-ring (bicyclic) bond motifs is 9. The predicted octanol–water partition coefficient (Wildman–Crippen LogP) is 12.0. The summed E-state index contributed by atoms with van der Waals surface area (Å²) in [6.07, 6.45) is 0. The van der Waals surface area contributed by atoms with Gasteiger partial charge in [-0.1, -0.05) is 97.1 Å². The highest BCUT2D eigenvalue weighted by Crippen LogP contribution is 2.45. The van der Waals surface area contributed by atoms with E-state index in [0.717, 1.165) is 72.0 Å². The molecule has 0 saturated heterocycles. The third kappa shape index (κ3) is 3.67. The van der Waals surface area contributed by atoms with Crippen LogP contribution < -0.4 is 5.32 Å². The van der Waals surface area contributed by atoms with Gasteiger partial charge in [-0.3, -0.25) is 0 Å². The molecule has 0 saturated carbocycles. The Balaban J connectivity index is 1.21. The van der Waals surface area contributed by atoms with Crippen LogP contribution in [0.4, 0.5) is 11.4 Å². The molecule has 0 aliphatic rings. The van der Waals surface area contributed by atoms with Crippen LogP contribution >= 0.6 is 0 Å². The van der Waals surface area contributed by atoms with E-state index in [2.05, 4.69) is 143 Å². The Labute approximate surface area is 263 Å². The zero-order valence-electron chi connectivity index (χ0n) is 24.7. The largest absolute Gasteiger partial charge is 0.456 e. The number of hydrogen-bond donors (Lipinski definition) is 1. The summed E-state index contributed by atoms with van der Waals surface area (Å²) in [5.74, 6) is 0. The topological polar surface area (TPSA) is 43.2 Å². The molecule has 0 spiro atoms. The third-order valence-electron chi connectivity index (χ3n) is 9.16. The Morgan fingerprint density at radius 3 is 1.78 bits per heavy atom. The van der Waals surface area contributed by atoms with Gasteiger partial charge in [0.05, 0.1) is 16.4 Å². The number of benzene rings is 7. The van der Waals surface area contributed by atoms with Gasteiger partial charge in [0.15, 0.2) is 5.58 Å². The Hall–Kier alpha value is -6.26. The maximum absolute atomic E-state index is 6.81. The Kier molecular flexibility index (Phi) is 5.25. The van der Waals surface area contributed by atoms with Crippen LogP contribution in [0.25, 0.3) is 82.5 Å². The second kappa shape index (κ2) is 9.62. The van der Waals surface area contributed by atoms with Crippen molar-refractivity contribution in [1.29, 1.82) is 0 Å². The van der Waals surface area contributed by atoms with Crippen molar-refractivity contribution in [2.75, 3.05) is 5.32 Å². The Morgan fingerprint density at radius 1 is 0.413 bits per heavy atom. The minimum Gasteiger partial charge on any atom is -0.456 e. The number of rotatable bonds is 4. The van der Waals surface area contributed by atoms with Gasteiger partial charge in [-0.15, -0.1) is 0 Å². The first kappa shape index (κ1) is 25.1. The van der Waals surface area contributed by atoms with Gasteiger partial charge >= 0.3 is 0 Å². The van der Waals surface area contributed by atoms with Crippen LogP contribution in [-0.4, -0.2) is 4.57 Å². The lowest BCUT2D eigenvalue weighted by atomic mass is 10.0. The third-order valence-corrected chi connectivity index (χ3v) is 9.16. The maximum Gasteiger partial charge on any atom is 0.160 e. The van der Waals surface area contributed by atoms with Crippen molar-refractivity contribution in [3.05, 3.63) is 152 Å². The van der Waals surface area contributed by atoms with E-state index in [9.17, 15) is 0 Å². The number of anilines is 2. The predicted molar refractivity (Wildman–Crippen MR) is 190 cm³/mol. The SMILES string of the molecule is c1ccc(-c2ccc(Nc3ccc4oc5c(-n6c7ccccc7c7ccccc76)c6c(cc5c4c3)oc3ccccc36)cc2)cc1. The second-order valence-corrected chi connectivity index (χ2v) is 11.8. The highest BCUT2D eigenvalue weighted by Gasteiger charge is 2.24. The molecule has 0 radical (unpaired) electrons. The van der Waals surface area contributed by atoms with Crippen molar-refractivity contribution < 1.29 is 8.83 Å². The molecule has 0 unspecified atom stereocenters. The van der Waals surface area contributed by atoms with Gasteiger partial charge < -0.3 is 18.7 Å². The number of nitrogens with zero attached hydrogens (tertiary/aromatic N) is 1. The van der Waals surface area contributed by atoms with E-state index in [0.29, 0.717) is 0 Å². The molecule has 0 amide bonds. The smallest absolute Gasteiger partial charge is 0.160 e. The van der Waals surface area contributed by atoms with E-state index < -0.39 is 0 Å². The molecule has 0 aliphatic heterocycles. The fourth-order valence-electron chi connectivity index (χ4n) is 7.09. The number of nitrogens with one attached hydrogen (secondary N) is 1. The molecule has 0 bridgehead atoms. The van der Waals surface area contributed by atoms with Crippen molar-refractivity contribution in [2.45, 2.75) is 0 Å². The Bertz CT molecular complexity index is 2710. The molecule has 4 nitrogen and oxygen atoms in total. The van der Waals surface area contributed by atoms with E-state index >= 15 is 0 Å². The second-order valence-electron chi connectivity index (χ2n) is 11.8. The first-order chi connectivity index (χ1) is 22.8. The van der Waals surface area contributed by atoms with Crippen molar-refractivity contribution in [2.24, 2.45) is 0 Å². The maximum atomic E-state index is 6.81. The molecule has 10 aromatic rings. The van der Waals surface area contributed by atoms with Crippen LogP contribution in [-0.2, 0) is 0 Å². The zero-order valence-corrected chi connectivity index (χ0v) is 24.7. The summed E-state index contributed by atoms with van der Waals surface area (Å²) in [4.78, 5) is 0. The fraction of sp³-hybridized carbons (Fsp3) is 0. The number of aromatic nitrogens is 1. The van der Waals surface area contributed by atoms with E-state index in [-0.39, 0.29) is 0 Å². The van der Waals surface area contributed by atoms with Gasteiger partial charge in [-0.2, -0.15) is 0 Å². The molecule has 7 aromatic carbocycles. The fourth-order valence-corrected chi connectivity index (χ4v) is 7.09. The highest BCUT2D eigenvalue weighted by molar-refractivity contribution is 6.22. The summed E-state index contributed by atoms with van der Waals surface area (Å²) >= 11 is 0. The van der Waals surface area contributed by atoms with Gasteiger partial charge in [0.2, 0.25) is 0 Å². The number of hydrogen-bond acceptors (Lipinski definition) is 3. The van der Waals surface area contributed by atoms with Crippen LogP contribution in [0.15, 0.2) is 160 Å². The lowest BCUT2D eigenvalue weighted by Gasteiger charge is -2.10. The Morgan fingerprint density at radius 2 is 1.02 bits per heavy atom. The molecule has 3 aromatic heterocycles. The monoisotopic (exact) mass is 590 g/mol. The lowest BCUT2D eigenvalue weighted by Crippen LogP contribution is -1.95. The van der Waals surface area contributed by atoms with Crippen LogP contribution in [0.2, 0.25) is 0 Å². The first-order valence-electron chi connectivity index (χ1n) is 15.5. The van der Waals surface area contributed by atoms with Crippen LogP contribution in [0, 0.1) is 0 Å². The van der Waals surface area contributed by atoms with E-state index in [4.69, 9.17) is 8.83 Å². The summed E-state index contributed by atoms with van der Waals surface area (Å²) < 4.78 is 15.7. The average molecular weight is 591 g/mol. The normalized spacial score (nSPS) is 11.9. The van der Waals surface area contributed by atoms with Crippen LogP contribution in [0.3, 0.4) is 0 Å². The molecule has 0 fully saturated rings. The van der Waals surface area contributed by atoms with Crippen LogP contribution in [0.1, 0.15) is 0 Å². The molecular weight excluding hydrogens is 564 g/mol. The standard InChI is InChI=1S/C42H26N2O2/c1-2-10-26(11-3-1)27-18-20-28(21-19-27)43-29-22-23-38-33(24-29)34-25-39-40(32-14-6-9-17-37(32)45-39)41(42(34)46-38)44-35-15-7-4-12-30(35)31-13-5-8-16-36(31)44/h1-25,43H. The molecule has 0 atom stereocenters. The van der Waals surface area contributed by atoms with E-state index in [1.54, 1.807) is 0 Å². The van der Waals surface area contributed by atoms with Crippen molar-refractivity contribution >= 4 is 77.1 Å². The van der Waals surface area contributed by atoms with E-state index in [1.807, 2.05) is 18.2 Å². The quantitative estimate of drug-likeness (QED) is 0.222. The highest BCUT2D eigenvalue weighted by atomic mass is 16.3. The average Bonchev–Trinajstić information content (AvgIpc) is 3.78. The van der Waals surface area contributed by atoms with Gasteiger partial charge in [0, 0.05) is 38.3 Å². The minimum atomic E-state index is 0.832. The number of furan rings is 2. The minimum absolute atomic E-state index is 0.832. The lowest BCUT2D eigenvalue weighted by molar-refractivity contribution is 0.662. The van der Waals surface area contributed by atoms with Gasteiger partial charge in [-0.25, -0.2) is 0 Å². The summed E-state index contributed by atoms with van der Waals surface area (Å²) in [7, 11) is 0. The summed E-state index contributed by atoms with van der Waals surface area (Å²) in [6.45, 7) is 0. The van der Waals surface area contributed by atoms with Crippen molar-refractivity contribution in [3.8, 4) is 16.8 Å². The van der Waals surface area contributed by atoms with Crippen molar-refractivity contribution in [1.82, 2.24) is 4.57 Å². The molecule has 1 N–H and O–H groups in total. The van der Waals surface area contributed by atoms with Crippen molar-refractivity contribution in [3.63, 3.8) is 0 Å². The first-order valence-corrected chi connectivity index (χ1v) is 15.5. The summed E-state index contributed by atoms with van der Waals surface area (Å²) in [5.41, 5.74) is 11.0. The summed E-state index contributed by atoms with van der Waals surface area (Å²) in [6, 6.07) is 52.9. The van der Waals surface area contributed by atoms with Gasteiger partial charge in [0.1, 0.15) is 22.4 Å². The van der Waals surface area contributed by atoms with E-state index in [1.165, 1.54) is 21.9 Å². The van der Waals surface area contributed by atoms with Gasteiger partial charge in [-0.05, 0) is 65.7 Å². The molecule has 46 heavy (non-hydrogen) atoms. The molecule has 10 rings (SSSR count).